The minimum atomic E-state index is -0.780. The van der Waals surface area contributed by atoms with Crippen molar-refractivity contribution in [2.75, 3.05) is 27.3 Å². The smallest absolute Gasteiger partial charge is 0.130 e. The standard InChI is InChI=1S/C11H14FN.CH3F/c1-13-7-10(8-13)11(12)9-5-3-2-4-6-9;1-2/h2-6,10-11H,7-8H2,1H3;1H3. The van der Waals surface area contributed by atoms with Gasteiger partial charge in [0.2, 0.25) is 0 Å². The normalized spacial score (nSPS) is 18.7. The minimum absolute atomic E-state index is 0.201. The number of hydrogen-bond donors (Lipinski definition) is 0. The molecule has 1 atom stereocenters. The first-order chi connectivity index (χ1) is 7.27. The van der Waals surface area contributed by atoms with Crippen molar-refractivity contribution in [2.24, 2.45) is 5.92 Å². The van der Waals surface area contributed by atoms with Crippen molar-refractivity contribution >= 4 is 0 Å². The lowest BCUT2D eigenvalue weighted by molar-refractivity contribution is 0.0596. The van der Waals surface area contributed by atoms with Crippen molar-refractivity contribution in [1.82, 2.24) is 4.90 Å². The van der Waals surface area contributed by atoms with Crippen LogP contribution in [0.4, 0.5) is 8.78 Å². The summed E-state index contributed by atoms with van der Waals surface area (Å²) in [6.45, 7) is 1.77. The van der Waals surface area contributed by atoms with Crippen LogP contribution in [0, 0.1) is 5.92 Å². The average Bonchev–Trinajstić information content (AvgIpc) is 2.28. The molecule has 0 bridgehead atoms. The lowest BCUT2D eigenvalue weighted by Gasteiger charge is -2.38. The van der Waals surface area contributed by atoms with Crippen LogP contribution < -0.4 is 0 Å². The summed E-state index contributed by atoms with van der Waals surface area (Å²) in [5.41, 5.74) is 0.820. The fourth-order valence-corrected chi connectivity index (χ4v) is 1.84. The zero-order valence-electron chi connectivity index (χ0n) is 9.16. The van der Waals surface area contributed by atoms with E-state index in [0.717, 1.165) is 18.7 Å². The third kappa shape index (κ3) is 2.99. The molecule has 1 saturated heterocycles. The maximum atomic E-state index is 13.7. The third-order valence-corrected chi connectivity index (χ3v) is 2.62. The summed E-state index contributed by atoms with van der Waals surface area (Å²) in [4.78, 5) is 2.14. The molecule has 0 N–H and O–H groups in total. The number of likely N-dealkylation sites (tertiary alicyclic amines) is 1. The Balaban J connectivity index is 0.000000531. The van der Waals surface area contributed by atoms with Crippen LogP contribution in [0.25, 0.3) is 0 Å². The van der Waals surface area contributed by atoms with E-state index in [9.17, 15) is 8.78 Å². The third-order valence-electron chi connectivity index (χ3n) is 2.62. The molecular formula is C12H17F2N. The number of alkyl halides is 2. The summed E-state index contributed by atoms with van der Waals surface area (Å²) in [5, 5.41) is 0. The molecule has 0 saturated carbocycles. The summed E-state index contributed by atoms with van der Waals surface area (Å²) in [7, 11) is 2.52. The van der Waals surface area contributed by atoms with Gasteiger partial charge in [-0.1, -0.05) is 30.3 Å². The molecule has 0 amide bonds. The fraction of sp³-hybridized carbons (Fsp3) is 0.500. The second kappa shape index (κ2) is 5.81. The summed E-state index contributed by atoms with van der Waals surface area (Å²) in [5.74, 6) is 0.201. The van der Waals surface area contributed by atoms with Crippen molar-refractivity contribution in [3.63, 3.8) is 0 Å². The number of hydrogen-bond acceptors (Lipinski definition) is 1. The fourth-order valence-electron chi connectivity index (χ4n) is 1.84. The summed E-state index contributed by atoms with van der Waals surface area (Å²) in [6, 6.07) is 9.43. The van der Waals surface area contributed by atoms with Gasteiger partial charge < -0.3 is 4.90 Å². The highest BCUT2D eigenvalue weighted by atomic mass is 19.1. The highest BCUT2D eigenvalue weighted by Crippen LogP contribution is 2.31. The zero-order valence-corrected chi connectivity index (χ0v) is 9.16. The molecule has 1 fully saturated rings. The van der Waals surface area contributed by atoms with E-state index in [1.807, 2.05) is 37.4 Å². The van der Waals surface area contributed by atoms with Crippen LogP contribution in [0.3, 0.4) is 0 Å². The van der Waals surface area contributed by atoms with Gasteiger partial charge in [0.25, 0.3) is 0 Å². The first kappa shape index (κ1) is 12.1. The van der Waals surface area contributed by atoms with Crippen LogP contribution in [0.2, 0.25) is 0 Å². The second-order valence-electron chi connectivity index (χ2n) is 3.79. The molecule has 1 aromatic rings. The van der Waals surface area contributed by atoms with E-state index in [0.29, 0.717) is 7.18 Å². The van der Waals surface area contributed by atoms with E-state index >= 15 is 0 Å². The SMILES string of the molecule is CF.CN1CC(C(F)c2ccccc2)C1. The molecule has 1 nitrogen and oxygen atoms in total. The van der Waals surface area contributed by atoms with Crippen LogP contribution in [0.1, 0.15) is 11.7 Å². The number of halogens is 2. The van der Waals surface area contributed by atoms with Gasteiger partial charge in [-0.05, 0) is 12.6 Å². The Morgan fingerprint density at radius 2 is 1.73 bits per heavy atom. The highest BCUT2D eigenvalue weighted by molar-refractivity contribution is 5.19. The van der Waals surface area contributed by atoms with E-state index in [1.54, 1.807) is 0 Å². The molecule has 2 rings (SSSR count). The van der Waals surface area contributed by atoms with Crippen molar-refractivity contribution in [3.8, 4) is 0 Å². The van der Waals surface area contributed by atoms with Gasteiger partial charge in [-0.25, -0.2) is 4.39 Å². The first-order valence-electron chi connectivity index (χ1n) is 5.03. The van der Waals surface area contributed by atoms with Gasteiger partial charge in [0, 0.05) is 19.0 Å². The molecular weight excluding hydrogens is 196 g/mol. The Morgan fingerprint density at radius 1 is 1.20 bits per heavy atom. The molecule has 1 heterocycles. The molecule has 1 aliphatic rings. The van der Waals surface area contributed by atoms with E-state index in [2.05, 4.69) is 4.90 Å². The van der Waals surface area contributed by atoms with Gasteiger partial charge in [-0.2, -0.15) is 0 Å². The van der Waals surface area contributed by atoms with Crippen LogP contribution in [0.5, 0.6) is 0 Å². The van der Waals surface area contributed by atoms with Crippen LogP contribution in [-0.4, -0.2) is 32.2 Å². The Labute approximate surface area is 89.7 Å². The Hall–Kier alpha value is -0.960. The van der Waals surface area contributed by atoms with Gasteiger partial charge in [0.15, 0.2) is 0 Å². The van der Waals surface area contributed by atoms with E-state index < -0.39 is 6.17 Å². The molecule has 1 aliphatic heterocycles. The Kier molecular flexibility index (Phi) is 4.69. The topological polar surface area (TPSA) is 3.24 Å². The molecule has 0 aromatic heterocycles. The van der Waals surface area contributed by atoms with Gasteiger partial charge in [0.1, 0.15) is 6.17 Å². The zero-order chi connectivity index (χ0) is 11.3. The van der Waals surface area contributed by atoms with E-state index in [4.69, 9.17) is 0 Å². The molecule has 15 heavy (non-hydrogen) atoms. The maximum absolute atomic E-state index is 13.7. The predicted octanol–water partition coefficient (Wildman–Crippen LogP) is 2.84. The molecule has 3 heteroatoms. The number of rotatable bonds is 2. The Morgan fingerprint density at radius 3 is 2.20 bits per heavy atom. The number of benzene rings is 1. The lowest BCUT2D eigenvalue weighted by atomic mass is 9.91. The van der Waals surface area contributed by atoms with E-state index in [1.165, 1.54) is 0 Å². The summed E-state index contributed by atoms with van der Waals surface area (Å²) in [6.07, 6.45) is -0.780. The molecule has 0 aliphatic carbocycles. The van der Waals surface area contributed by atoms with Crippen LogP contribution in [0.15, 0.2) is 30.3 Å². The quantitative estimate of drug-likeness (QED) is 0.730. The van der Waals surface area contributed by atoms with Crippen molar-refractivity contribution in [2.45, 2.75) is 6.17 Å². The average molecular weight is 213 g/mol. The van der Waals surface area contributed by atoms with Crippen LogP contribution in [-0.2, 0) is 0 Å². The summed E-state index contributed by atoms with van der Waals surface area (Å²) >= 11 is 0. The van der Waals surface area contributed by atoms with Gasteiger partial charge in [-0.3, -0.25) is 4.39 Å². The van der Waals surface area contributed by atoms with Crippen molar-refractivity contribution < 1.29 is 8.78 Å². The minimum Gasteiger partial charge on any atom is -0.305 e. The first-order valence-corrected chi connectivity index (χ1v) is 5.03. The molecule has 84 valence electrons. The second-order valence-corrected chi connectivity index (χ2v) is 3.79. The largest absolute Gasteiger partial charge is 0.305 e. The molecule has 1 aromatic carbocycles. The highest BCUT2D eigenvalue weighted by Gasteiger charge is 2.31. The van der Waals surface area contributed by atoms with Gasteiger partial charge in [-0.15, -0.1) is 0 Å². The van der Waals surface area contributed by atoms with Gasteiger partial charge in [0.05, 0.1) is 7.18 Å². The number of nitrogens with zero attached hydrogens (tertiary/aromatic N) is 1. The molecule has 0 radical (unpaired) electrons. The molecule has 0 spiro atoms. The monoisotopic (exact) mass is 213 g/mol. The maximum Gasteiger partial charge on any atom is 0.130 e. The predicted molar refractivity (Wildman–Crippen MR) is 58.3 cm³/mol. The van der Waals surface area contributed by atoms with Crippen LogP contribution >= 0.6 is 0 Å². The van der Waals surface area contributed by atoms with Crippen molar-refractivity contribution in [3.05, 3.63) is 35.9 Å². The van der Waals surface area contributed by atoms with Crippen molar-refractivity contribution in [1.29, 1.82) is 0 Å². The Bertz CT molecular complexity index is 270. The summed E-state index contributed by atoms with van der Waals surface area (Å²) < 4.78 is 23.2. The lowest BCUT2D eigenvalue weighted by Crippen LogP contribution is -2.45. The molecule has 1 unspecified atom stereocenters. The van der Waals surface area contributed by atoms with Gasteiger partial charge >= 0.3 is 0 Å². The van der Waals surface area contributed by atoms with E-state index in [-0.39, 0.29) is 5.92 Å².